The van der Waals surface area contributed by atoms with Crippen LogP contribution in [0.1, 0.15) is 79.2 Å². The van der Waals surface area contributed by atoms with Crippen LogP contribution >= 0.6 is 22.9 Å². The monoisotopic (exact) mass is 813 g/mol. The number of nitrogens with one attached hydrogen (secondary N) is 4. The van der Waals surface area contributed by atoms with E-state index in [1.165, 1.54) is 25.2 Å². The number of likely N-dealkylation sites (N-methyl/N-ethyl adjacent to an activating group) is 1. The maximum Gasteiger partial charge on any atom is 0.266 e. The number of ether oxygens (including phenoxy) is 1. The molecule has 1 saturated heterocycles. The molecule has 57 heavy (non-hydrogen) atoms. The van der Waals surface area contributed by atoms with Crippen molar-refractivity contribution in [2.24, 2.45) is 4.99 Å². The topological polar surface area (TPSA) is 223 Å². The fourth-order valence-electron chi connectivity index (χ4n) is 6.96. The number of hydrogen-bond donors (Lipinski definition) is 4. The van der Waals surface area contributed by atoms with Gasteiger partial charge in [0.1, 0.15) is 34.7 Å². The smallest absolute Gasteiger partial charge is 0.266 e. The molecule has 4 aromatic rings. The number of piperidine rings is 1. The second-order valence-corrected chi connectivity index (χ2v) is 15.2. The minimum Gasteiger partial charge on any atom is -0.483 e. The number of aromatic nitrogens is 3. The maximum atomic E-state index is 13.6. The van der Waals surface area contributed by atoms with Gasteiger partial charge in [0.15, 0.2) is 12.4 Å². The Morgan fingerprint density at radius 2 is 1.75 bits per heavy atom. The summed E-state index contributed by atoms with van der Waals surface area (Å²) in [4.78, 5) is 97.2. The minimum absolute atomic E-state index is 0.0267. The zero-order valence-corrected chi connectivity index (χ0v) is 32.7. The summed E-state index contributed by atoms with van der Waals surface area (Å²) in [5, 5.41) is 20.0. The number of halogens is 1. The molecule has 4 N–H and O–H groups in total. The fraction of sp³-hybridized carbons (Fsp3) is 0.316. The minimum atomic E-state index is -1.23. The van der Waals surface area contributed by atoms with Crippen molar-refractivity contribution in [1.29, 1.82) is 0 Å². The predicted molar refractivity (Wildman–Crippen MR) is 206 cm³/mol. The Morgan fingerprint density at radius 1 is 1.00 bits per heavy atom. The molecule has 2 aromatic heterocycles. The highest BCUT2D eigenvalue weighted by molar-refractivity contribution is 7.15. The van der Waals surface area contributed by atoms with Crippen LogP contribution in [0.2, 0.25) is 5.02 Å². The van der Waals surface area contributed by atoms with Crippen molar-refractivity contribution < 1.29 is 38.3 Å². The van der Waals surface area contributed by atoms with Gasteiger partial charge in [-0.15, -0.1) is 21.5 Å². The third-order valence-electron chi connectivity index (χ3n) is 9.93. The van der Waals surface area contributed by atoms with E-state index in [4.69, 9.17) is 21.3 Å². The fourth-order valence-corrected chi connectivity index (χ4v) is 8.30. The molecular formula is C38H36ClN9O8S. The molecule has 19 heteroatoms. The van der Waals surface area contributed by atoms with Gasteiger partial charge in [-0.2, -0.15) is 0 Å². The second kappa shape index (κ2) is 15.7. The number of amides is 7. The summed E-state index contributed by atoms with van der Waals surface area (Å²) in [6, 6.07) is 8.33. The van der Waals surface area contributed by atoms with Gasteiger partial charge in [0.25, 0.3) is 17.7 Å². The van der Waals surface area contributed by atoms with E-state index < -0.39 is 66.1 Å². The summed E-state index contributed by atoms with van der Waals surface area (Å²) in [6.45, 7) is 4.91. The first kappa shape index (κ1) is 39.0. The van der Waals surface area contributed by atoms with Gasteiger partial charge >= 0.3 is 0 Å². The first-order chi connectivity index (χ1) is 27.3. The maximum absolute atomic E-state index is 13.6. The molecule has 2 unspecified atom stereocenters. The molecule has 1 fully saturated rings. The molecule has 0 saturated carbocycles. The molecule has 7 amide bonds. The van der Waals surface area contributed by atoms with Crippen LogP contribution in [0, 0.1) is 20.8 Å². The molecule has 0 spiro atoms. The summed E-state index contributed by atoms with van der Waals surface area (Å²) in [5.41, 5.74) is 3.24. The van der Waals surface area contributed by atoms with Crippen LogP contribution in [0.3, 0.4) is 0 Å². The number of rotatable bonds is 11. The Kier molecular flexibility index (Phi) is 10.7. The van der Waals surface area contributed by atoms with Gasteiger partial charge in [-0.05, 0) is 57.0 Å². The zero-order chi connectivity index (χ0) is 40.7. The summed E-state index contributed by atoms with van der Waals surface area (Å²) >= 11 is 7.79. The van der Waals surface area contributed by atoms with E-state index in [-0.39, 0.29) is 42.7 Å². The van der Waals surface area contributed by atoms with Crippen LogP contribution in [0.25, 0.3) is 5.00 Å². The number of aliphatic imine (C=N–C) groups is 1. The highest BCUT2D eigenvalue weighted by Gasteiger charge is 2.46. The predicted octanol–water partition coefficient (Wildman–Crippen LogP) is 2.02. The van der Waals surface area contributed by atoms with Crippen LogP contribution in [0.5, 0.6) is 5.75 Å². The van der Waals surface area contributed by atoms with Gasteiger partial charge in [0, 0.05) is 41.0 Å². The van der Waals surface area contributed by atoms with Gasteiger partial charge in [-0.1, -0.05) is 29.8 Å². The third-order valence-corrected chi connectivity index (χ3v) is 11.4. The molecule has 7 rings (SSSR count). The number of thiophene rings is 1. The van der Waals surface area contributed by atoms with E-state index in [0.717, 1.165) is 31.5 Å². The molecular weight excluding hydrogens is 778 g/mol. The van der Waals surface area contributed by atoms with E-state index in [2.05, 4.69) is 31.5 Å². The summed E-state index contributed by atoms with van der Waals surface area (Å²) < 4.78 is 7.58. The molecule has 294 valence electrons. The van der Waals surface area contributed by atoms with Gasteiger partial charge < -0.3 is 20.7 Å². The number of fused-ring (bicyclic) bond motifs is 4. The Hall–Kier alpha value is -6.27. The van der Waals surface area contributed by atoms with E-state index in [9.17, 15) is 33.6 Å². The van der Waals surface area contributed by atoms with Crippen LogP contribution in [0.4, 0.5) is 0 Å². The number of benzene rings is 2. The van der Waals surface area contributed by atoms with E-state index in [1.54, 1.807) is 23.5 Å². The van der Waals surface area contributed by atoms with E-state index in [0.29, 0.717) is 22.4 Å². The van der Waals surface area contributed by atoms with Gasteiger partial charge in [0.05, 0.1) is 23.3 Å². The van der Waals surface area contributed by atoms with Crippen molar-refractivity contribution in [3.8, 4) is 10.8 Å². The number of carbonyl (C=O) groups excluding carboxylic acids is 7. The van der Waals surface area contributed by atoms with Crippen LogP contribution in [-0.4, -0.2) is 99.0 Å². The van der Waals surface area contributed by atoms with Crippen LogP contribution in [0.15, 0.2) is 47.5 Å². The van der Waals surface area contributed by atoms with Crippen molar-refractivity contribution in [2.75, 3.05) is 20.2 Å². The third kappa shape index (κ3) is 7.40. The van der Waals surface area contributed by atoms with Gasteiger partial charge in [-0.25, -0.2) is 0 Å². The first-order valence-electron chi connectivity index (χ1n) is 17.9. The number of carbonyl (C=O) groups is 7. The Bertz CT molecular complexity index is 2410. The summed E-state index contributed by atoms with van der Waals surface area (Å²) in [6.07, 6.45) is -0.235. The van der Waals surface area contributed by atoms with E-state index >= 15 is 0 Å². The highest BCUT2D eigenvalue weighted by atomic mass is 35.5. The molecule has 3 aliphatic heterocycles. The van der Waals surface area contributed by atoms with E-state index in [1.807, 2.05) is 37.5 Å². The first-order valence-corrected chi connectivity index (χ1v) is 19.1. The van der Waals surface area contributed by atoms with Crippen LogP contribution < -0.4 is 26.0 Å². The normalized spacial score (nSPS) is 17.8. The average Bonchev–Trinajstić information content (AvgIpc) is 3.76. The van der Waals surface area contributed by atoms with Crippen LogP contribution in [-0.2, 0) is 24.0 Å². The summed E-state index contributed by atoms with van der Waals surface area (Å²) in [5.74, 6) is -3.66. The molecule has 17 nitrogen and oxygen atoms in total. The SMILES string of the molecule is CNC(=O)C(CNC(=O)C[C@@H]1N=C(c2ccc(Cl)cc2)c2c(sc(C)c2C)-n2c(C)nnc21)NC(=O)COc1cccc2c1C(=O)N(C1CCC(=O)NC1=O)C2=O. The lowest BCUT2D eigenvalue weighted by Gasteiger charge is -2.27. The van der Waals surface area contributed by atoms with Gasteiger partial charge in [0.2, 0.25) is 23.6 Å². The molecule has 0 bridgehead atoms. The summed E-state index contributed by atoms with van der Waals surface area (Å²) in [7, 11) is 1.37. The number of imide groups is 2. The standard InChI is InChI=1S/C38H36ClN9O8S/c1-17-18(2)57-38-30(17)32(20-8-10-21(39)11-9-20)43-23(33-46-45-19(3)47(33)38)14-28(50)41-15-24(34(52)40-4)42-29(51)16-56-26-7-5-6-22-31(26)37(55)48(36(22)54)25-12-13-27(49)44-35(25)53/h5-11,23-25H,12-16H2,1-4H3,(H,40,52)(H,41,50)(H,42,51)(H,44,49,53)/t23-,24?,25?/m0/s1. The largest absolute Gasteiger partial charge is 0.483 e. The Labute approximate surface area is 334 Å². The average molecular weight is 814 g/mol. The Balaban J connectivity index is 1.04. The molecule has 0 aliphatic carbocycles. The Morgan fingerprint density at radius 3 is 2.47 bits per heavy atom. The lowest BCUT2D eigenvalue weighted by Crippen LogP contribution is -2.54. The highest BCUT2D eigenvalue weighted by Crippen LogP contribution is 2.40. The molecule has 0 radical (unpaired) electrons. The second-order valence-electron chi connectivity index (χ2n) is 13.6. The quantitative estimate of drug-likeness (QED) is 0.161. The number of hydrogen-bond acceptors (Lipinski definition) is 12. The zero-order valence-electron chi connectivity index (χ0n) is 31.1. The van der Waals surface area contributed by atoms with Crippen molar-refractivity contribution in [3.05, 3.63) is 91.8 Å². The van der Waals surface area contributed by atoms with Crippen molar-refractivity contribution in [1.82, 2.24) is 40.9 Å². The van der Waals surface area contributed by atoms with Crippen molar-refractivity contribution in [3.63, 3.8) is 0 Å². The molecule has 5 heterocycles. The molecule has 3 atom stereocenters. The molecule has 3 aliphatic rings. The van der Waals surface area contributed by atoms with Gasteiger partial charge in [-0.3, -0.25) is 53.3 Å². The lowest BCUT2D eigenvalue weighted by molar-refractivity contribution is -0.136. The van der Waals surface area contributed by atoms with Crippen molar-refractivity contribution >= 4 is 70.0 Å². The number of aryl methyl sites for hydroxylation is 2. The number of nitrogens with zero attached hydrogens (tertiary/aromatic N) is 5. The lowest BCUT2D eigenvalue weighted by atomic mass is 9.99. The van der Waals surface area contributed by atoms with Crippen molar-refractivity contribution in [2.45, 2.75) is 58.2 Å². The molecule has 2 aromatic carbocycles.